The van der Waals surface area contributed by atoms with E-state index < -0.39 is 32.9 Å². The number of rotatable bonds is 6. The Bertz CT molecular complexity index is 1330. The van der Waals surface area contributed by atoms with Gasteiger partial charge >= 0.3 is 0 Å². The molecule has 2 aromatic heterocycles. The minimum absolute atomic E-state index is 0.0571. The summed E-state index contributed by atoms with van der Waals surface area (Å²) in [5.41, 5.74) is -0.493. The van der Waals surface area contributed by atoms with Gasteiger partial charge in [-0.1, -0.05) is 17.4 Å². The minimum atomic E-state index is -0.812. The number of pyridine rings is 1. The summed E-state index contributed by atoms with van der Waals surface area (Å²) in [6.07, 6.45) is 1.53. The van der Waals surface area contributed by atoms with Crippen LogP contribution in [0.4, 0.5) is 20.9 Å². The number of aromatic nitrogens is 2. The summed E-state index contributed by atoms with van der Waals surface area (Å²) < 4.78 is 14.1. The number of hydrogen-bond acceptors (Lipinski definition) is 8. The van der Waals surface area contributed by atoms with Gasteiger partial charge in [0, 0.05) is 18.3 Å². The third-order valence-corrected chi connectivity index (χ3v) is 5.47. The molecule has 0 atom stereocenters. The molecule has 12 heteroatoms. The molecule has 0 bridgehead atoms. The highest BCUT2D eigenvalue weighted by Crippen LogP contribution is 2.32. The van der Waals surface area contributed by atoms with E-state index in [1.165, 1.54) is 29.3 Å². The highest BCUT2D eigenvalue weighted by molar-refractivity contribution is 7.22. The SMILES string of the molecule is O=C(c1cc([N+](=O)[O-])cc([N+](=O)[O-])c1)N(Cc1ccccn1)c1nc2ccc(F)cc2s1. The smallest absolute Gasteiger partial charge is 0.277 e. The first-order valence-electron chi connectivity index (χ1n) is 9.03. The molecule has 32 heavy (non-hydrogen) atoms. The molecule has 4 aromatic rings. The van der Waals surface area contributed by atoms with Crippen LogP contribution in [0.3, 0.4) is 0 Å². The van der Waals surface area contributed by atoms with Crippen molar-refractivity contribution in [1.82, 2.24) is 9.97 Å². The van der Waals surface area contributed by atoms with Crippen LogP contribution in [0.25, 0.3) is 10.2 Å². The van der Waals surface area contributed by atoms with Crippen LogP contribution in [0.1, 0.15) is 16.1 Å². The predicted molar refractivity (Wildman–Crippen MR) is 114 cm³/mol. The van der Waals surface area contributed by atoms with Crippen molar-refractivity contribution in [2.45, 2.75) is 6.54 Å². The number of hydrogen-bond donors (Lipinski definition) is 0. The number of nitro benzene ring substituents is 2. The zero-order valence-corrected chi connectivity index (χ0v) is 16.9. The molecule has 0 N–H and O–H groups in total. The van der Waals surface area contributed by atoms with E-state index in [0.717, 1.165) is 29.5 Å². The average molecular weight is 453 g/mol. The summed E-state index contributed by atoms with van der Waals surface area (Å²) in [6, 6.07) is 11.8. The van der Waals surface area contributed by atoms with Crippen molar-refractivity contribution in [2.24, 2.45) is 0 Å². The molecular formula is C20H12FN5O5S. The number of carbonyl (C=O) groups excluding carboxylic acids is 1. The van der Waals surface area contributed by atoms with Crippen molar-refractivity contribution in [2.75, 3.05) is 4.90 Å². The quantitative estimate of drug-likeness (QED) is 0.310. The second kappa shape index (κ2) is 8.43. The Labute approximate surface area is 182 Å². The van der Waals surface area contributed by atoms with E-state index in [2.05, 4.69) is 9.97 Å². The summed E-state index contributed by atoms with van der Waals surface area (Å²) in [5.74, 6) is -1.22. The molecule has 0 saturated carbocycles. The van der Waals surface area contributed by atoms with E-state index in [1.54, 1.807) is 18.2 Å². The van der Waals surface area contributed by atoms with Crippen molar-refractivity contribution < 1.29 is 19.0 Å². The summed E-state index contributed by atoms with van der Waals surface area (Å²) in [7, 11) is 0. The van der Waals surface area contributed by atoms with E-state index in [-0.39, 0.29) is 17.2 Å². The van der Waals surface area contributed by atoms with Gasteiger partial charge in [-0.15, -0.1) is 0 Å². The Morgan fingerprint density at radius 1 is 1.03 bits per heavy atom. The molecule has 0 aliphatic rings. The van der Waals surface area contributed by atoms with E-state index in [4.69, 9.17) is 0 Å². The van der Waals surface area contributed by atoms with Gasteiger partial charge in [0.1, 0.15) is 5.82 Å². The highest BCUT2D eigenvalue weighted by atomic mass is 32.1. The molecule has 0 spiro atoms. The van der Waals surface area contributed by atoms with Gasteiger partial charge in [0.15, 0.2) is 5.13 Å². The molecule has 0 saturated heterocycles. The van der Waals surface area contributed by atoms with Crippen LogP contribution in [-0.4, -0.2) is 25.7 Å². The van der Waals surface area contributed by atoms with Gasteiger partial charge in [-0.05, 0) is 30.3 Å². The summed E-state index contributed by atoms with van der Waals surface area (Å²) in [6.45, 7) is -0.0571. The lowest BCUT2D eigenvalue weighted by Gasteiger charge is -2.19. The Hall–Kier alpha value is -4.32. The fourth-order valence-corrected chi connectivity index (χ4v) is 3.96. The third-order valence-electron chi connectivity index (χ3n) is 4.43. The second-order valence-electron chi connectivity index (χ2n) is 6.57. The van der Waals surface area contributed by atoms with Crippen molar-refractivity contribution >= 4 is 44.0 Å². The molecule has 4 rings (SSSR count). The van der Waals surface area contributed by atoms with Gasteiger partial charge in [0.05, 0.1) is 43.9 Å². The average Bonchev–Trinajstić information content (AvgIpc) is 3.20. The third kappa shape index (κ3) is 4.25. The number of nitrogens with zero attached hydrogens (tertiary/aromatic N) is 5. The Morgan fingerprint density at radius 3 is 2.38 bits per heavy atom. The first-order valence-corrected chi connectivity index (χ1v) is 9.85. The van der Waals surface area contributed by atoms with Crippen LogP contribution in [-0.2, 0) is 6.54 Å². The van der Waals surface area contributed by atoms with Crippen molar-refractivity contribution in [3.8, 4) is 0 Å². The van der Waals surface area contributed by atoms with Gasteiger partial charge in [-0.3, -0.25) is 34.9 Å². The van der Waals surface area contributed by atoms with Crippen LogP contribution >= 0.6 is 11.3 Å². The number of carbonyl (C=O) groups is 1. The lowest BCUT2D eigenvalue weighted by atomic mass is 10.1. The fourth-order valence-electron chi connectivity index (χ4n) is 2.97. The molecule has 160 valence electrons. The van der Waals surface area contributed by atoms with E-state index >= 15 is 0 Å². The first kappa shape index (κ1) is 20.9. The molecule has 10 nitrogen and oxygen atoms in total. The molecule has 2 heterocycles. The normalized spacial score (nSPS) is 10.8. The Balaban J connectivity index is 1.83. The van der Waals surface area contributed by atoms with Crippen molar-refractivity contribution in [1.29, 1.82) is 0 Å². The monoisotopic (exact) mass is 453 g/mol. The Kier molecular flexibility index (Phi) is 5.52. The summed E-state index contributed by atoms with van der Waals surface area (Å²) in [4.78, 5) is 44.0. The highest BCUT2D eigenvalue weighted by Gasteiger charge is 2.26. The lowest BCUT2D eigenvalue weighted by Crippen LogP contribution is -2.30. The van der Waals surface area contributed by atoms with Crippen LogP contribution in [0.15, 0.2) is 60.8 Å². The second-order valence-corrected chi connectivity index (χ2v) is 7.58. The van der Waals surface area contributed by atoms with Gasteiger partial charge < -0.3 is 0 Å². The molecule has 0 radical (unpaired) electrons. The van der Waals surface area contributed by atoms with Gasteiger partial charge in [0.25, 0.3) is 17.3 Å². The number of anilines is 1. The number of thiazole rings is 1. The molecule has 1 amide bonds. The first-order chi connectivity index (χ1) is 15.3. The maximum atomic E-state index is 13.6. The molecule has 0 aliphatic heterocycles. The number of halogens is 1. The van der Waals surface area contributed by atoms with Crippen LogP contribution in [0.5, 0.6) is 0 Å². The molecule has 2 aromatic carbocycles. The predicted octanol–water partition coefficient (Wildman–Crippen LogP) is 4.49. The Morgan fingerprint density at radius 2 is 1.75 bits per heavy atom. The van der Waals surface area contributed by atoms with Gasteiger partial charge in [0.2, 0.25) is 0 Å². The zero-order valence-electron chi connectivity index (χ0n) is 16.0. The number of nitro groups is 2. The van der Waals surface area contributed by atoms with E-state index in [0.29, 0.717) is 15.9 Å². The largest absolute Gasteiger partial charge is 0.278 e. The topological polar surface area (TPSA) is 132 Å². The molecule has 0 unspecified atom stereocenters. The number of fused-ring (bicyclic) bond motifs is 1. The van der Waals surface area contributed by atoms with Gasteiger partial charge in [-0.2, -0.15) is 0 Å². The van der Waals surface area contributed by atoms with Crippen molar-refractivity contribution in [3.63, 3.8) is 0 Å². The molecular weight excluding hydrogens is 441 g/mol. The number of amides is 1. The van der Waals surface area contributed by atoms with Gasteiger partial charge in [-0.25, -0.2) is 9.37 Å². The van der Waals surface area contributed by atoms with Crippen molar-refractivity contribution in [3.05, 3.63) is 98.1 Å². The number of benzene rings is 2. The summed E-state index contributed by atoms with van der Waals surface area (Å²) in [5, 5.41) is 22.7. The lowest BCUT2D eigenvalue weighted by molar-refractivity contribution is -0.394. The molecule has 0 fully saturated rings. The standard InChI is InChI=1S/C20H12FN5O5S/c21-13-4-5-17-18(9-13)32-20(23-17)24(11-14-3-1-2-6-22-14)19(27)12-7-15(25(28)29)10-16(8-12)26(30)31/h1-10H,11H2. The zero-order chi connectivity index (χ0) is 22.8. The van der Waals surface area contributed by atoms with Crippen LogP contribution in [0.2, 0.25) is 0 Å². The fraction of sp³-hybridized carbons (Fsp3) is 0.0500. The molecule has 0 aliphatic carbocycles. The summed E-state index contributed by atoms with van der Waals surface area (Å²) >= 11 is 1.04. The van der Waals surface area contributed by atoms with Crippen LogP contribution < -0.4 is 4.90 Å². The minimum Gasteiger partial charge on any atom is -0.278 e. The maximum Gasteiger partial charge on any atom is 0.277 e. The van der Waals surface area contributed by atoms with Crippen LogP contribution in [0, 0.1) is 26.0 Å². The van der Waals surface area contributed by atoms with E-state index in [9.17, 15) is 29.4 Å². The van der Waals surface area contributed by atoms with E-state index in [1.807, 2.05) is 0 Å². The number of non-ortho nitro benzene ring substituents is 2. The maximum absolute atomic E-state index is 13.6.